The van der Waals surface area contributed by atoms with Crippen molar-refractivity contribution in [2.45, 2.75) is 6.92 Å². The molecule has 0 radical (unpaired) electrons. The molecule has 0 aliphatic rings. The van der Waals surface area contributed by atoms with Gasteiger partial charge in [-0.25, -0.2) is 10.6 Å². The number of nitrogens with two attached hydrogens (primary N) is 2. The van der Waals surface area contributed by atoms with Gasteiger partial charge < -0.3 is 10.8 Å². The standard InChI is InChI=1S/C10H13N3O2/c1-7(9(11)10(14)15)13(12)8-5-3-2-4-6-8/h2-6H,11-12H2,1H3,(H,14,15)/b9-7-. The summed E-state index contributed by atoms with van der Waals surface area (Å²) in [5.74, 6) is 4.53. The zero-order valence-electron chi connectivity index (χ0n) is 8.34. The third kappa shape index (κ3) is 2.47. The molecule has 0 saturated heterocycles. The van der Waals surface area contributed by atoms with Gasteiger partial charge in [-0.05, 0) is 19.1 Å². The van der Waals surface area contributed by atoms with Crippen molar-refractivity contribution < 1.29 is 9.90 Å². The molecule has 0 atom stereocenters. The van der Waals surface area contributed by atoms with Crippen molar-refractivity contribution in [2.24, 2.45) is 11.6 Å². The predicted octanol–water partition coefficient (Wildman–Crippen LogP) is 0.641. The Morgan fingerprint density at radius 3 is 2.33 bits per heavy atom. The van der Waals surface area contributed by atoms with Crippen LogP contribution in [0.2, 0.25) is 0 Å². The Bertz CT molecular complexity index is 387. The summed E-state index contributed by atoms with van der Waals surface area (Å²) >= 11 is 0. The number of anilines is 1. The summed E-state index contributed by atoms with van der Waals surface area (Å²) in [5.41, 5.74) is 6.07. The number of rotatable bonds is 3. The van der Waals surface area contributed by atoms with Gasteiger partial charge >= 0.3 is 5.97 Å². The number of carboxylic acids is 1. The second kappa shape index (κ2) is 4.47. The van der Waals surface area contributed by atoms with Gasteiger partial charge in [-0.3, -0.25) is 5.01 Å². The van der Waals surface area contributed by atoms with Gasteiger partial charge in [0.15, 0.2) is 0 Å². The first-order chi connectivity index (χ1) is 7.04. The molecule has 5 N–H and O–H groups in total. The number of carbonyl (C=O) groups is 1. The van der Waals surface area contributed by atoms with E-state index in [1.807, 2.05) is 6.07 Å². The molecule has 15 heavy (non-hydrogen) atoms. The fraction of sp³-hybridized carbons (Fsp3) is 0.100. The first kappa shape index (κ1) is 11.1. The molecule has 0 aliphatic carbocycles. The van der Waals surface area contributed by atoms with E-state index in [1.54, 1.807) is 31.2 Å². The number of aliphatic carboxylic acids is 1. The van der Waals surface area contributed by atoms with Crippen LogP contribution in [0.25, 0.3) is 0 Å². The molecule has 0 aromatic heterocycles. The minimum absolute atomic E-state index is 0.263. The summed E-state index contributed by atoms with van der Waals surface area (Å²) in [7, 11) is 0. The largest absolute Gasteiger partial charge is 0.477 e. The van der Waals surface area contributed by atoms with Crippen LogP contribution in [0, 0.1) is 0 Å². The topological polar surface area (TPSA) is 92.6 Å². The Balaban J connectivity index is 3.01. The van der Waals surface area contributed by atoms with E-state index >= 15 is 0 Å². The highest BCUT2D eigenvalue weighted by Crippen LogP contribution is 2.15. The van der Waals surface area contributed by atoms with Crippen LogP contribution in [-0.2, 0) is 4.79 Å². The highest BCUT2D eigenvalue weighted by atomic mass is 16.4. The minimum atomic E-state index is -1.18. The van der Waals surface area contributed by atoms with Crippen molar-refractivity contribution in [1.29, 1.82) is 0 Å². The maximum absolute atomic E-state index is 10.6. The first-order valence-corrected chi connectivity index (χ1v) is 4.33. The van der Waals surface area contributed by atoms with Gasteiger partial charge in [0, 0.05) is 0 Å². The lowest BCUT2D eigenvalue weighted by atomic mass is 10.2. The van der Waals surface area contributed by atoms with Crippen LogP contribution < -0.4 is 16.6 Å². The number of para-hydroxylation sites is 1. The Labute approximate surface area is 87.6 Å². The molecule has 0 spiro atoms. The highest BCUT2D eigenvalue weighted by Gasteiger charge is 2.11. The molecule has 0 bridgehead atoms. The van der Waals surface area contributed by atoms with Crippen molar-refractivity contribution in [1.82, 2.24) is 0 Å². The van der Waals surface area contributed by atoms with Gasteiger partial charge in [-0.2, -0.15) is 0 Å². The molecule has 0 unspecified atom stereocenters. The number of carboxylic acid groups (broad SMARTS) is 1. The number of benzene rings is 1. The van der Waals surface area contributed by atoms with Crippen molar-refractivity contribution in [2.75, 3.05) is 5.01 Å². The lowest BCUT2D eigenvalue weighted by Crippen LogP contribution is -2.32. The van der Waals surface area contributed by atoms with E-state index in [0.29, 0.717) is 11.4 Å². The maximum atomic E-state index is 10.6. The van der Waals surface area contributed by atoms with Crippen molar-refractivity contribution >= 4 is 11.7 Å². The summed E-state index contributed by atoms with van der Waals surface area (Å²) in [5, 5.41) is 9.92. The molecule has 0 amide bonds. The fourth-order valence-corrected chi connectivity index (χ4v) is 1.07. The minimum Gasteiger partial charge on any atom is -0.477 e. The molecule has 0 heterocycles. The Kier molecular flexibility index (Phi) is 3.30. The van der Waals surface area contributed by atoms with Gasteiger partial charge in [0.2, 0.25) is 0 Å². The lowest BCUT2D eigenvalue weighted by Gasteiger charge is -2.19. The average molecular weight is 207 g/mol. The van der Waals surface area contributed by atoms with Crippen LogP contribution in [0.4, 0.5) is 5.69 Å². The molecule has 5 nitrogen and oxygen atoms in total. The summed E-state index contributed by atoms with van der Waals surface area (Å²) in [6.45, 7) is 1.55. The van der Waals surface area contributed by atoms with E-state index in [1.165, 1.54) is 5.01 Å². The van der Waals surface area contributed by atoms with Crippen LogP contribution in [0.1, 0.15) is 6.92 Å². The van der Waals surface area contributed by atoms with Crippen molar-refractivity contribution in [3.8, 4) is 0 Å². The average Bonchev–Trinajstić information content (AvgIpc) is 2.27. The van der Waals surface area contributed by atoms with E-state index < -0.39 is 5.97 Å². The number of hydrogen-bond acceptors (Lipinski definition) is 4. The molecule has 5 heteroatoms. The predicted molar refractivity (Wildman–Crippen MR) is 57.6 cm³/mol. The van der Waals surface area contributed by atoms with Crippen LogP contribution in [0.3, 0.4) is 0 Å². The maximum Gasteiger partial charge on any atom is 0.353 e. The monoisotopic (exact) mass is 207 g/mol. The SMILES string of the molecule is C/C(=C(/N)C(=O)O)N(N)c1ccccc1. The molecule has 0 saturated carbocycles. The van der Waals surface area contributed by atoms with E-state index in [9.17, 15) is 4.79 Å². The smallest absolute Gasteiger partial charge is 0.353 e. The molecule has 1 rings (SSSR count). The van der Waals surface area contributed by atoms with E-state index in [2.05, 4.69) is 0 Å². The Morgan fingerprint density at radius 2 is 1.87 bits per heavy atom. The van der Waals surface area contributed by atoms with E-state index in [4.69, 9.17) is 16.7 Å². The Hall–Kier alpha value is -2.01. The fourth-order valence-electron chi connectivity index (χ4n) is 1.07. The lowest BCUT2D eigenvalue weighted by molar-refractivity contribution is -0.132. The molecule has 0 fully saturated rings. The summed E-state index contributed by atoms with van der Waals surface area (Å²) in [6, 6.07) is 8.98. The van der Waals surface area contributed by atoms with Crippen LogP contribution in [0.15, 0.2) is 41.7 Å². The van der Waals surface area contributed by atoms with Gasteiger partial charge in [-0.15, -0.1) is 0 Å². The molecule has 1 aromatic carbocycles. The third-order valence-corrected chi connectivity index (χ3v) is 2.02. The van der Waals surface area contributed by atoms with Gasteiger partial charge in [0.1, 0.15) is 5.70 Å². The summed E-state index contributed by atoms with van der Waals surface area (Å²) < 4.78 is 0. The van der Waals surface area contributed by atoms with Crippen LogP contribution >= 0.6 is 0 Å². The third-order valence-electron chi connectivity index (χ3n) is 2.02. The molecule has 80 valence electrons. The zero-order chi connectivity index (χ0) is 11.4. The van der Waals surface area contributed by atoms with Gasteiger partial charge in [0.05, 0.1) is 11.4 Å². The van der Waals surface area contributed by atoms with Gasteiger partial charge in [0.25, 0.3) is 0 Å². The normalized spacial score (nSPS) is 11.9. The van der Waals surface area contributed by atoms with Crippen molar-refractivity contribution in [3.05, 3.63) is 41.7 Å². The highest BCUT2D eigenvalue weighted by molar-refractivity contribution is 5.87. The number of hydrazine groups is 1. The molecular weight excluding hydrogens is 194 g/mol. The summed E-state index contributed by atoms with van der Waals surface area (Å²) in [4.78, 5) is 10.6. The number of hydrogen-bond donors (Lipinski definition) is 3. The zero-order valence-corrected chi connectivity index (χ0v) is 8.34. The second-order valence-electron chi connectivity index (χ2n) is 3.01. The number of allylic oxidation sites excluding steroid dienone is 1. The molecule has 0 aliphatic heterocycles. The Morgan fingerprint density at radius 1 is 1.33 bits per heavy atom. The first-order valence-electron chi connectivity index (χ1n) is 4.33. The quantitative estimate of drug-likeness (QED) is 0.384. The van der Waals surface area contributed by atoms with Crippen LogP contribution in [-0.4, -0.2) is 11.1 Å². The molecular formula is C10H13N3O2. The summed E-state index contributed by atoms with van der Waals surface area (Å²) in [6.07, 6.45) is 0. The van der Waals surface area contributed by atoms with E-state index in [-0.39, 0.29) is 5.70 Å². The molecule has 1 aromatic rings. The number of nitrogens with zero attached hydrogens (tertiary/aromatic N) is 1. The van der Waals surface area contributed by atoms with Crippen LogP contribution in [0.5, 0.6) is 0 Å². The van der Waals surface area contributed by atoms with Crippen molar-refractivity contribution in [3.63, 3.8) is 0 Å². The van der Waals surface area contributed by atoms with Gasteiger partial charge in [-0.1, -0.05) is 18.2 Å². The van der Waals surface area contributed by atoms with E-state index in [0.717, 1.165) is 0 Å². The second-order valence-corrected chi connectivity index (χ2v) is 3.01.